The fourth-order valence-electron chi connectivity index (χ4n) is 4.69. The minimum absolute atomic E-state index is 0.0815. The Kier molecular flexibility index (Phi) is 6.54. The Morgan fingerprint density at radius 1 is 1.12 bits per heavy atom. The molecule has 1 aliphatic carbocycles. The number of carboxylic acid groups (broad SMARTS) is 1. The number of ether oxygens (including phenoxy) is 1. The zero-order chi connectivity index (χ0) is 24.5. The number of amides is 2. The van der Waals surface area contributed by atoms with Gasteiger partial charge in [0.15, 0.2) is 0 Å². The molecule has 2 unspecified atom stereocenters. The molecule has 180 valence electrons. The van der Waals surface area contributed by atoms with Crippen molar-refractivity contribution in [2.45, 2.75) is 37.6 Å². The second-order valence-electron chi connectivity index (χ2n) is 8.95. The summed E-state index contributed by atoms with van der Waals surface area (Å²) in [6.07, 6.45) is -1.69. The van der Waals surface area contributed by atoms with E-state index in [1.807, 2.05) is 48.5 Å². The molecular formula is C25H26F2N2O5. The summed E-state index contributed by atoms with van der Waals surface area (Å²) in [4.78, 5) is 36.7. The van der Waals surface area contributed by atoms with Crippen molar-refractivity contribution in [3.8, 4) is 11.1 Å². The summed E-state index contributed by atoms with van der Waals surface area (Å²) >= 11 is 0. The Morgan fingerprint density at radius 3 is 2.29 bits per heavy atom. The number of hydrogen-bond donors (Lipinski definition) is 2. The van der Waals surface area contributed by atoms with Crippen LogP contribution >= 0.6 is 0 Å². The number of benzene rings is 2. The Labute approximate surface area is 195 Å². The lowest BCUT2D eigenvalue weighted by Gasteiger charge is -2.23. The van der Waals surface area contributed by atoms with Crippen molar-refractivity contribution in [1.29, 1.82) is 0 Å². The van der Waals surface area contributed by atoms with Crippen molar-refractivity contribution >= 4 is 18.0 Å². The third-order valence-corrected chi connectivity index (χ3v) is 6.34. The molecule has 2 aromatic rings. The lowest BCUT2D eigenvalue weighted by molar-refractivity contribution is -0.148. The van der Waals surface area contributed by atoms with Crippen LogP contribution < -0.4 is 5.32 Å². The number of nitrogens with one attached hydrogen (secondary N) is 1. The fourth-order valence-corrected chi connectivity index (χ4v) is 4.69. The number of carbonyl (C=O) groups is 3. The lowest BCUT2D eigenvalue weighted by atomic mass is 9.98. The molecule has 2 amide bonds. The zero-order valence-corrected chi connectivity index (χ0v) is 18.7. The Hall–Kier alpha value is -3.49. The number of hydrogen-bond acceptors (Lipinski definition) is 4. The molecular weight excluding hydrogens is 446 g/mol. The molecule has 2 aromatic carbocycles. The third-order valence-electron chi connectivity index (χ3n) is 6.34. The molecule has 2 aliphatic rings. The number of likely N-dealkylation sites (tertiary alicyclic amines) is 1. The van der Waals surface area contributed by atoms with Gasteiger partial charge in [-0.3, -0.25) is 4.79 Å². The van der Waals surface area contributed by atoms with Crippen LogP contribution in [0.5, 0.6) is 0 Å². The van der Waals surface area contributed by atoms with Gasteiger partial charge in [-0.25, -0.2) is 18.4 Å². The number of fused-ring (bicyclic) bond motifs is 3. The Bertz CT molecular complexity index is 1060. The van der Waals surface area contributed by atoms with Gasteiger partial charge in [0, 0.05) is 25.3 Å². The van der Waals surface area contributed by atoms with Gasteiger partial charge in [0.25, 0.3) is 5.92 Å². The summed E-state index contributed by atoms with van der Waals surface area (Å²) in [7, 11) is 0. The van der Waals surface area contributed by atoms with Crippen molar-refractivity contribution in [3.05, 3.63) is 59.7 Å². The van der Waals surface area contributed by atoms with Gasteiger partial charge < -0.3 is 20.1 Å². The maximum Gasteiger partial charge on any atom is 0.407 e. The largest absolute Gasteiger partial charge is 0.480 e. The van der Waals surface area contributed by atoms with E-state index in [1.165, 1.54) is 0 Å². The molecule has 0 saturated carbocycles. The molecule has 2 N–H and O–H groups in total. The first-order valence-electron chi connectivity index (χ1n) is 11.2. The highest BCUT2D eigenvalue weighted by Crippen LogP contribution is 2.44. The van der Waals surface area contributed by atoms with E-state index in [1.54, 1.807) is 6.92 Å². The van der Waals surface area contributed by atoms with Gasteiger partial charge in [0.1, 0.15) is 12.6 Å². The van der Waals surface area contributed by atoms with E-state index in [9.17, 15) is 23.2 Å². The first kappa shape index (κ1) is 23.7. The van der Waals surface area contributed by atoms with Gasteiger partial charge in [-0.2, -0.15) is 0 Å². The van der Waals surface area contributed by atoms with E-state index in [-0.39, 0.29) is 25.5 Å². The second-order valence-corrected chi connectivity index (χ2v) is 8.95. The van der Waals surface area contributed by atoms with Crippen molar-refractivity contribution < 1.29 is 33.0 Å². The van der Waals surface area contributed by atoms with Gasteiger partial charge >= 0.3 is 12.1 Å². The van der Waals surface area contributed by atoms with Crippen molar-refractivity contribution in [2.24, 2.45) is 5.92 Å². The number of halogens is 2. The number of alkyl halides is 2. The molecule has 0 spiro atoms. The predicted molar refractivity (Wildman–Crippen MR) is 120 cm³/mol. The number of carbonyl (C=O) groups excluding carboxylic acids is 2. The lowest BCUT2D eigenvalue weighted by Crippen LogP contribution is -2.42. The smallest absolute Gasteiger partial charge is 0.407 e. The third kappa shape index (κ3) is 4.88. The van der Waals surface area contributed by atoms with Crippen LogP contribution in [0.15, 0.2) is 48.5 Å². The van der Waals surface area contributed by atoms with Crippen molar-refractivity contribution in [1.82, 2.24) is 10.2 Å². The highest BCUT2D eigenvalue weighted by molar-refractivity contribution is 5.85. The van der Waals surface area contributed by atoms with Crippen LogP contribution in [0.3, 0.4) is 0 Å². The summed E-state index contributed by atoms with van der Waals surface area (Å²) < 4.78 is 32.7. The van der Waals surface area contributed by atoms with Crippen LogP contribution in [0.25, 0.3) is 11.1 Å². The highest BCUT2D eigenvalue weighted by atomic mass is 19.3. The molecule has 1 aliphatic heterocycles. The van der Waals surface area contributed by atoms with Crippen LogP contribution in [0, 0.1) is 5.92 Å². The summed E-state index contributed by atoms with van der Waals surface area (Å²) in [6.45, 7) is 1.00. The molecule has 1 fully saturated rings. The highest BCUT2D eigenvalue weighted by Gasteiger charge is 2.50. The van der Waals surface area contributed by atoms with E-state index < -0.39 is 48.8 Å². The average Bonchev–Trinajstić information content (AvgIpc) is 3.31. The SMILES string of the molecule is CC(CNC(=O)OCC1c2ccccc2-c2ccccc21)CC(=O)N1CC(F)(F)CC1C(=O)O. The first-order chi connectivity index (χ1) is 16.2. The quantitative estimate of drug-likeness (QED) is 0.638. The normalized spacial score (nSPS) is 19.3. The first-order valence-corrected chi connectivity index (χ1v) is 11.2. The molecule has 34 heavy (non-hydrogen) atoms. The van der Waals surface area contributed by atoms with E-state index >= 15 is 0 Å². The van der Waals surface area contributed by atoms with Crippen LogP contribution in [0.2, 0.25) is 0 Å². The monoisotopic (exact) mass is 472 g/mol. The number of aliphatic carboxylic acids is 1. The zero-order valence-electron chi connectivity index (χ0n) is 18.7. The minimum Gasteiger partial charge on any atom is -0.480 e. The molecule has 2 atom stereocenters. The number of rotatable bonds is 7. The number of carboxylic acids is 1. The Balaban J connectivity index is 1.28. The number of alkyl carbamates (subject to hydrolysis) is 1. The van der Waals surface area contributed by atoms with E-state index in [0.29, 0.717) is 4.90 Å². The summed E-state index contributed by atoms with van der Waals surface area (Å²) in [5.41, 5.74) is 4.41. The molecule has 0 bridgehead atoms. The molecule has 0 radical (unpaired) electrons. The molecule has 1 saturated heterocycles. The van der Waals surface area contributed by atoms with Gasteiger partial charge in [0.05, 0.1) is 6.54 Å². The van der Waals surface area contributed by atoms with E-state index in [4.69, 9.17) is 9.84 Å². The summed E-state index contributed by atoms with van der Waals surface area (Å²) in [6, 6.07) is 14.4. The van der Waals surface area contributed by atoms with Crippen LogP contribution in [0.1, 0.15) is 36.8 Å². The predicted octanol–water partition coefficient (Wildman–Crippen LogP) is 3.87. The summed E-state index contributed by atoms with van der Waals surface area (Å²) in [5.74, 6) is -5.82. The summed E-state index contributed by atoms with van der Waals surface area (Å²) in [5, 5.41) is 11.7. The van der Waals surface area contributed by atoms with Crippen LogP contribution in [0.4, 0.5) is 13.6 Å². The average molecular weight is 472 g/mol. The molecule has 0 aromatic heterocycles. The van der Waals surface area contributed by atoms with Gasteiger partial charge in [-0.15, -0.1) is 0 Å². The molecule has 1 heterocycles. The molecule has 9 heteroatoms. The topological polar surface area (TPSA) is 95.9 Å². The van der Waals surface area contributed by atoms with Crippen molar-refractivity contribution in [2.75, 3.05) is 19.7 Å². The fraction of sp³-hybridized carbons (Fsp3) is 0.400. The van der Waals surface area contributed by atoms with Crippen molar-refractivity contribution in [3.63, 3.8) is 0 Å². The standard InChI is InChI=1S/C25H26F2N2O5/c1-15(10-22(30)29-14-25(26,27)11-21(29)23(31)32)12-28-24(33)34-13-20-18-8-4-2-6-16(18)17-7-3-5-9-19(17)20/h2-9,15,20-21H,10-14H2,1H3,(H,28,33)(H,31,32). The van der Waals surface area contributed by atoms with Crippen LogP contribution in [-0.2, 0) is 14.3 Å². The second kappa shape index (κ2) is 9.40. The molecule has 7 nitrogen and oxygen atoms in total. The van der Waals surface area contributed by atoms with Gasteiger partial charge in [0.2, 0.25) is 5.91 Å². The maximum atomic E-state index is 13.6. The molecule has 4 rings (SSSR count). The van der Waals surface area contributed by atoms with Gasteiger partial charge in [-0.05, 0) is 28.2 Å². The maximum absolute atomic E-state index is 13.6. The van der Waals surface area contributed by atoms with Gasteiger partial charge in [-0.1, -0.05) is 55.5 Å². The number of nitrogens with zero attached hydrogens (tertiary/aromatic N) is 1. The van der Waals surface area contributed by atoms with Crippen LogP contribution in [-0.4, -0.2) is 59.6 Å². The minimum atomic E-state index is -3.22. The van der Waals surface area contributed by atoms with E-state index in [2.05, 4.69) is 5.32 Å². The Morgan fingerprint density at radius 2 is 1.71 bits per heavy atom. The van der Waals surface area contributed by atoms with E-state index in [0.717, 1.165) is 22.3 Å².